The van der Waals surface area contributed by atoms with E-state index in [4.69, 9.17) is 0 Å². The molecule has 184 valence electrons. The molecule has 2 heterocycles. The number of fused-ring (bicyclic) bond motifs is 3. The van der Waals surface area contributed by atoms with Crippen molar-refractivity contribution in [2.45, 2.75) is 31.4 Å². The molecule has 2 aliphatic rings. The van der Waals surface area contributed by atoms with Crippen molar-refractivity contribution in [3.8, 4) is 5.75 Å². The number of anilines is 2. The average molecular weight is 495 g/mol. The van der Waals surface area contributed by atoms with Crippen LogP contribution in [0.25, 0.3) is 0 Å². The molecule has 3 aromatic rings. The molecule has 0 unspecified atom stereocenters. The SMILES string of the molecule is O=C1c2ccccc2N2C(=O)CC[C@]2(C(=O)Nc2ccc(OC(F)(F)F)cc2)N1Cc1ccccc1. The second-order valence-corrected chi connectivity index (χ2v) is 8.47. The molecule has 0 spiro atoms. The molecular formula is C26H20F3N3O4. The van der Waals surface area contributed by atoms with E-state index in [1.54, 1.807) is 24.3 Å². The summed E-state index contributed by atoms with van der Waals surface area (Å²) in [6, 6.07) is 20.4. The highest BCUT2D eigenvalue weighted by atomic mass is 19.4. The van der Waals surface area contributed by atoms with E-state index in [9.17, 15) is 27.6 Å². The molecule has 2 aliphatic heterocycles. The van der Waals surface area contributed by atoms with Crippen LogP contribution in [0.5, 0.6) is 5.75 Å². The minimum atomic E-state index is -4.85. The summed E-state index contributed by atoms with van der Waals surface area (Å²) >= 11 is 0. The van der Waals surface area contributed by atoms with Gasteiger partial charge in [-0.1, -0.05) is 42.5 Å². The molecule has 0 bridgehead atoms. The summed E-state index contributed by atoms with van der Waals surface area (Å²) in [4.78, 5) is 43.4. The minimum absolute atomic E-state index is 0.0404. The third-order valence-electron chi connectivity index (χ3n) is 6.27. The third kappa shape index (κ3) is 4.04. The van der Waals surface area contributed by atoms with Crippen LogP contribution in [0.3, 0.4) is 0 Å². The molecule has 10 heteroatoms. The molecule has 0 aromatic heterocycles. The summed E-state index contributed by atoms with van der Waals surface area (Å²) in [6.07, 6.45) is -4.75. The van der Waals surface area contributed by atoms with Gasteiger partial charge < -0.3 is 15.0 Å². The van der Waals surface area contributed by atoms with Crippen molar-refractivity contribution < 1.29 is 32.3 Å². The first-order chi connectivity index (χ1) is 17.2. The smallest absolute Gasteiger partial charge is 0.406 e. The topological polar surface area (TPSA) is 79.0 Å². The number of hydrogen-bond acceptors (Lipinski definition) is 4. The lowest BCUT2D eigenvalue weighted by atomic mass is 9.94. The van der Waals surface area contributed by atoms with E-state index < -0.39 is 29.6 Å². The highest BCUT2D eigenvalue weighted by Gasteiger charge is 2.60. The molecule has 3 aromatic carbocycles. The Morgan fingerprint density at radius 3 is 2.31 bits per heavy atom. The third-order valence-corrected chi connectivity index (χ3v) is 6.27. The molecule has 7 nitrogen and oxygen atoms in total. The Bertz CT molecular complexity index is 1330. The summed E-state index contributed by atoms with van der Waals surface area (Å²) in [6.45, 7) is 0.0730. The van der Waals surface area contributed by atoms with Crippen LogP contribution in [-0.2, 0) is 16.1 Å². The van der Waals surface area contributed by atoms with Crippen LogP contribution < -0.4 is 15.0 Å². The van der Waals surface area contributed by atoms with Gasteiger partial charge in [0.2, 0.25) is 11.6 Å². The number of carbonyl (C=O) groups is 3. The predicted molar refractivity (Wildman–Crippen MR) is 124 cm³/mol. The zero-order chi connectivity index (χ0) is 25.5. The number of alkyl halides is 3. The molecule has 0 radical (unpaired) electrons. The number of carbonyl (C=O) groups excluding carboxylic acids is 3. The van der Waals surface area contributed by atoms with Crippen LogP contribution in [-0.4, -0.2) is 34.6 Å². The number of nitrogens with zero attached hydrogens (tertiary/aromatic N) is 2. The van der Waals surface area contributed by atoms with Crippen LogP contribution in [0.1, 0.15) is 28.8 Å². The summed E-state index contributed by atoms with van der Waals surface area (Å²) in [5.74, 6) is -1.79. The maximum atomic E-state index is 13.9. The van der Waals surface area contributed by atoms with Gasteiger partial charge >= 0.3 is 6.36 Å². The molecule has 3 amide bonds. The van der Waals surface area contributed by atoms with Gasteiger partial charge in [0.25, 0.3) is 11.8 Å². The van der Waals surface area contributed by atoms with Crippen molar-refractivity contribution in [2.75, 3.05) is 10.2 Å². The van der Waals surface area contributed by atoms with Gasteiger partial charge in [-0.25, -0.2) is 0 Å². The van der Waals surface area contributed by atoms with Gasteiger partial charge in [0.05, 0.1) is 11.3 Å². The lowest BCUT2D eigenvalue weighted by Gasteiger charge is -2.49. The van der Waals surface area contributed by atoms with E-state index in [0.717, 1.165) is 17.7 Å². The van der Waals surface area contributed by atoms with E-state index in [0.29, 0.717) is 11.3 Å². The van der Waals surface area contributed by atoms with Crippen LogP contribution in [0.15, 0.2) is 78.9 Å². The molecule has 1 fully saturated rings. The normalized spacial score (nSPS) is 19.1. The molecule has 1 saturated heterocycles. The quantitative estimate of drug-likeness (QED) is 0.557. The van der Waals surface area contributed by atoms with E-state index in [2.05, 4.69) is 10.1 Å². The van der Waals surface area contributed by atoms with E-state index >= 15 is 0 Å². The first-order valence-corrected chi connectivity index (χ1v) is 11.1. The van der Waals surface area contributed by atoms with Crippen molar-refractivity contribution in [3.63, 3.8) is 0 Å². The highest BCUT2D eigenvalue weighted by molar-refractivity contribution is 6.18. The van der Waals surface area contributed by atoms with Crippen molar-refractivity contribution in [3.05, 3.63) is 90.0 Å². The van der Waals surface area contributed by atoms with E-state index in [1.807, 2.05) is 30.3 Å². The van der Waals surface area contributed by atoms with Crippen LogP contribution in [0.2, 0.25) is 0 Å². The Hall–Kier alpha value is -4.34. The summed E-state index contributed by atoms with van der Waals surface area (Å²) in [5.41, 5.74) is -0.0434. The standard InChI is InChI=1S/C26H20F3N3O4/c27-26(28,29)36-19-12-10-18(11-13-19)30-24(35)25-15-14-22(33)32(25)21-9-5-4-8-20(21)23(34)31(25)16-17-6-2-1-3-7-17/h1-13H,14-16H2,(H,30,35)/t25-/m0/s1. The average Bonchev–Trinajstić information content (AvgIpc) is 3.21. The fraction of sp³-hybridized carbons (Fsp3) is 0.192. The van der Waals surface area contributed by atoms with Gasteiger partial charge in [-0.3, -0.25) is 19.3 Å². The fourth-order valence-electron chi connectivity index (χ4n) is 4.74. The molecule has 0 saturated carbocycles. The monoisotopic (exact) mass is 495 g/mol. The molecule has 1 N–H and O–H groups in total. The maximum absolute atomic E-state index is 13.9. The van der Waals surface area contributed by atoms with Crippen molar-refractivity contribution in [2.24, 2.45) is 0 Å². The molecule has 0 aliphatic carbocycles. The largest absolute Gasteiger partial charge is 0.573 e. The number of amides is 3. The minimum Gasteiger partial charge on any atom is -0.406 e. The second-order valence-electron chi connectivity index (χ2n) is 8.47. The Kier molecular flexibility index (Phi) is 5.66. The number of halogens is 3. The van der Waals surface area contributed by atoms with Gasteiger partial charge in [-0.15, -0.1) is 13.2 Å². The predicted octanol–water partition coefficient (Wildman–Crippen LogP) is 4.70. The van der Waals surface area contributed by atoms with Gasteiger partial charge in [0.1, 0.15) is 5.75 Å². The van der Waals surface area contributed by atoms with E-state index in [1.165, 1.54) is 21.9 Å². The maximum Gasteiger partial charge on any atom is 0.573 e. The first-order valence-electron chi connectivity index (χ1n) is 11.1. The van der Waals surface area contributed by atoms with Gasteiger partial charge in [0, 0.05) is 25.1 Å². The molecule has 36 heavy (non-hydrogen) atoms. The zero-order valence-electron chi connectivity index (χ0n) is 18.8. The van der Waals surface area contributed by atoms with Crippen LogP contribution >= 0.6 is 0 Å². The Morgan fingerprint density at radius 1 is 0.944 bits per heavy atom. The molecular weight excluding hydrogens is 475 g/mol. The fourth-order valence-corrected chi connectivity index (χ4v) is 4.74. The summed E-state index contributed by atoms with van der Waals surface area (Å²) in [7, 11) is 0. The molecule has 1 atom stereocenters. The summed E-state index contributed by atoms with van der Waals surface area (Å²) < 4.78 is 41.4. The Labute approximate surface area is 204 Å². The number of rotatable bonds is 5. The van der Waals surface area contributed by atoms with Crippen molar-refractivity contribution >= 4 is 29.1 Å². The summed E-state index contributed by atoms with van der Waals surface area (Å²) in [5, 5.41) is 2.69. The second kappa shape index (κ2) is 8.71. The number of benzene rings is 3. The lowest BCUT2D eigenvalue weighted by Crippen LogP contribution is -2.69. The van der Waals surface area contributed by atoms with Crippen molar-refractivity contribution in [1.82, 2.24) is 4.90 Å². The zero-order valence-corrected chi connectivity index (χ0v) is 18.8. The van der Waals surface area contributed by atoms with Crippen molar-refractivity contribution in [1.29, 1.82) is 0 Å². The van der Waals surface area contributed by atoms with Crippen LogP contribution in [0, 0.1) is 0 Å². The lowest BCUT2D eigenvalue weighted by molar-refractivity contribution is -0.274. The number of ether oxygens (including phenoxy) is 1. The molecule has 5 rings (SSSR count). The number of nitrogens with one attached hydrogen (secondary N) is 1. The first kappa shape index (κ1) is 23.4. The van der Waals surface area contributed by atoms with Gasteiger partial charge in [0.15, 0.2) is 0 Å². The Balaban J connectivity index is 1.54. The Morgan fingerprint density at radius 2 is 1.61 bits per heavy atom. The van der Waals surface area contributed by atoms with Crippen LogP contribution in [0.4, 0.5) is 24.5 Å². The number of hydrogen-bond donors (Lipinski definition) is 1. The number of para-hydroxylation sites is 1. The van der Waals surface area contributed by atoms with Gasteiger partial charge in [-0.05, 0) is 42.0 Å². The van der Waals surface area contributed by atoms with E-state index in [-0.39, 0.29) is 31.0 Å². The highest BCUT2D eigenvalue weighted by Crippen LogP contribution is 2.45. The van der Waals surface area contributed by atoms with Gasteiger partial charge in [-0.2, -0.15) is 0 Å².